The van der Waals surface area contributed by atoms with E-state index in [9.17, 15) is 0 Å². The third-order valence-corrected chi connectivity index (χ3v) is 2.35. The molecule has 1 atom stereocenters. The first-order valence-electron chi connectivity index (χ1n) is 4.29. The van der Waals surface area contributed by atoms with Crippen molar-refractivity contribution in [3.63, 3.8) is 0 Å². The van der Waals surface area contributed by atoms with Crippen LogP contribution in [0.2, 0.25) is 0 Å². The van der Waals surface area contributed by atoms with Crippen molar-refractivity contribution in [2.75, 3.05) is 33.9 Å². The van der Waals surface area contributed by atoms with Crippen molar-refractivity contribution in [1.82, 2.24) is 15.5 Å². The third kappa shape index (κ3) is 2.15. The average Bonchev–Trinajstić information content (AvgIpc) is 2.36. The van der Waals surface area contributed by atoms with E-state index in [0.717, 1.165) is 19.8 Å². The maximum Gasteiger partial charge on any atom is 0.0460 e. The minimum absolute atomic E-state index is 0.323. The fourth-order valence-corrected chi connectivity index (χ4v) is 1.69. The van der Waals surface area contributed by atoms with Crippen molar-refractivity contribution < 1.29 is 0 Å². The molecule has 66 valence electrons. The van der Waals surface area contributed by atoms with Crippen LogP contribution in [0.4, 0.5) is 0 Å². The summed E-state index contributed by atoms with van der Waals surface area (Å²) in [5.41, 5.74) is 0.323. The summed E-state index contributed by atoms with van der Waals surface area (Å²) in [5.74, 6) is 0. The van der Waals surface area contributed by atoms with Crippen LogP contribution in [0.3, 0.4) is 0 Å². The maximum atomic E-state index is 3.50. The predicted molar refractivity (Wildman–Crippen MR) is 47.6 cm³/mol. The van der Waals surface area contributed by atoms with Crippen molar-refractivity contribution in [3.05, 3.63) is 0 Å². The summed E-state index contributed by atoms with van der Waals surface area (Å²) in [6.45, 7) is 5.42. The van der Waals surface area contributed by atoms with E-state index in [1.54, 1.807) is 0 Å². The molecule has 0 radical (unpaired) electrons. The van der Waals surface area contributed by atoms with Crippen LogP contribution in [-0.2, 0) is 0 Å². The van der Waals surface area contributed by atoms with E-state index in [2.05, 4.69) is 36.6 Å². The van der Waals surface area contributed by atoms with E-state index >= 15 is 0 Å². The lowest BCUT2D eigenvalue weighted by Gasteiger charge is -2.30. The minimum atomic E-state index is 0.323. The number of hydrogen-bond acceptors (Lipinski definition) is 3. The largest absolute Gasteiger partial charge is 0.308 e. The van der Waals surface area contributed by atoms with Crippen LogP contribution < -0.4 is 10.6 Å². The molecule has 0 saturated carbocycles. The van der Waals surface area contributed by atoms with Gasteiger partial charge in [-0.1, -0.05) is 6.92 Å². The molecule has 11 heavy (non-hydrogen) atoms. The van der Waals surface area contributed by atoms with Crippen LogP contribution >= 0.6 is 0 Å². The van der Waals surface area contributed by atoms with Crippen molar-refractivity contribution >= 4 is 0 Å². The Hall–Kier alpha value is -0.120. The van der Waals surface area contributed by atoms with Crippen LogP contribution in [0.1, 0.15) is 13.3 Å². The summed E-state index contributed by atoms with van der Waals surface area (Å²) in [5, 5.41) is 6.83. The van der Waals surface area contributed by atoms with Gasteiger partial charge in [-0.15, -0.1) is 0 Å². The second kappa shape index (κ2) is 3.52. The molecule has 1 aliphatic heterocycles. The highest BCUT2D eigenvalue weighted by molar-refractivity contribution is 4.94. The van der Waals surface area contributed by atoms with Crippen LogP contribution in [-0.4, -0.2) is 44.3 Å². The van der Waals surface area contributed by atoms with Crippen molar-refractivity contribution in [2.24, 2.45) is 0 Å². The monoisotopic (exact) mass is 157 g/mol. The van der Waals surface area contributed by atoms with Gasteiger partial charge in [0.15, 0.2) is 0 Å². The molecule has 1 saturated heterocycles. The fraction of sp³-hybridized carbons (Fsp3) is 1.00. The lowest BCUT2D eigenvalue weighted by Crippen LogP contribution is -2.49. The van der Waals surface area contributed by atoms with Crippen molar-refractivity contribution in [2.45, 2.75) is 18.9 Å². The smallest absolute Gasteiger partial charge is 0.0460 e. The Balaban J connectivity index is 2.45. The molecular weight excluding hydrogens is 138 g/mol. The summed E-state index contributed by atoms with van der Waals surface area (Å²) in [7, 11) is 4.24. The highest BCUT2D eigenvalue weighted by Crippen LogP contribution is 2.12. The van der Waals surface area contributed by atoms with E-state index in [-0.39, 0.29) is 0 Å². The summed E-state index contributed by atoms with van der Waals surface area (Å²) in [4.78, 5) is 2.24. The normalized spacial score (nSPS) is 31.6. The van der Waals surface area contributed by atoms with E-state index < -0.39 is 0 Å². The Bertz CT molecular complexity index is 117. The Morgan fingerprint density at radius 2 is 2.18 bits per heavy atom. The van der Waals surface area contributed by atoms with Gasteiger partial charge < -0.3 is 10.2 Å². The Morgan fingerprint density at radius 1 is 1.45 bits per heavy atom. The number of likely N-dealkylation sites (N-methyl/N-ethyl adjacent to an activating group) is 1. The molecule has 0 aliphatic carbocycles. The van der Waals surface area contributed by atoms with Gasteiger partial charge in [0.1, 0.15) is 0 Å². The van der Waals surface area contributed by atoms with Crippen LogP contribution in [0.25, 0.3) is 0 Å². The van der Waals surface area contributed by atoms with Gasteiger partial charge in [-0.05, 0) is 20.5 Å². The highest BCUT2D eigenvalue weighted by Gasteiger charge is 2.31. The zero-order chi connectivity index (χ0) is 8.32. The molecule has 1 heterocycles. The summed E-state index contributed by atoms with van der Waals surface area (Å²) < 4.78 is 0. The molecule has 0 amide bonds. The number of nitrogens with zero attached hydrogens (tertiary/aromatic N) is 1. The van der Waals surface area contributed by atoms with E-state index in [0.29, 0.717) is 5.54 Å². The summed E-state index contributed by atoms with van der Waals surface area (Å²) >= 11 is 0. The second-order valence-electron chi connectivity index (χ2n) is 3.65. The number of nitrogens with one attached hydrogen (secondary N) is 2. The molecule has 0 bridgehead atoms. The van der Waals surface area contributed by atoms with Crippen molar-refractivity contribution in [1.29, 1.82) is 0 Å². The van der Waals surface area contributed by atoms with E-state index in [1.165, 1.54) is 6.42 Å². The molecule has 1 rings (SSSR count). The molecule has 0 spiro atoms. The van der Waals surface area contributed by atoms with Crippen molar-refractivity contribution in [3.8, 4) is 0 Å². The lowest BCUT2D eigenvalue weighted by molar-refractivity contribution is 0.262. The van der Waals surface area contributed by atoms with Crippen LogP contribution in [0, 0.1) is 0 Å². The molecule has 3 heteroatoms. The molecule has 1 unspecified atom stereocenters. The molecule has 0 aromatic carbocycles. The average molecular weight is 157 g/mol. The van der Waals surface area contributed by atoms with Gasteiger partial charge in [-0.2, -0.15) is 0 Å². The van der Waals surface area contributed by atoms with Crippen LogP contribution in [0.5, 0.6) is 0 Å². The minimum Gasteiger partial charge on any atom is -0.308 e. The van der Waals surface area contributed by atoms with Gasteiger partial charge in [0.25, 0.3) is 0 Å². The summed E-state index contributed by atoms with van der Waals surface area (Å²) in [6.07, 6.45) is 1.19. The molecule has 0 aromatic rings. The highest BCUT2D eigenvalue weighted by atomic mass is 15.2. The zero-order valence-electron chi connectivity index (χ0n) is 7.78. The first-order valence-corrected chi connectivity index (χ1v) is 4.29. The second-order valence-corrected chi connectivity index (χ2v) is 3.65. The summed E-state index contributed by atoms with van der Waals surface area (Å²) in [6, 6.07) is 0. The Labute approximate surface area is 69.1 Å². The van der Waals surface area contributed by atoms with Gasteiger partial charge in [-0.3, -0.25) is 5.32 Å². The van der Waals surface area contributed by atoms with Crippen LogP contribution in [0.15, 0.2) is 0 Å². The Morgan fingerprint density at radius 3 is 2.55 bits per heavy atom. The molecule has 1 aliphatic rings. The number of rotatable bonds is 3. The standard InChI is InChI=1S/C8H19N3/c1-4-8(6-11(2)3)5-9-7-10-8/h9-10H,4-7H2,1-3H3. The fourth-order valence-electron chi connectivity index (χ4n) is 1.69. The molecule has 1 fully saturated rings. The predicted octanol–water partition coefficient (Wildman–Crippen LogP) is -0.153. The third-order valence-electron chi connectivity index (χ3n) is 2.35. The van der Waals surface area contributed by atoms with E-state index in [4.69, 9.17) is 0 Å². The number of hydrogen-bond donors (Lipinski definition) is 2. The maximum absolute atomic E-state index is 3.50. The quantitative estimate of drug-likeness (QED) is 0.596. The first-order chi connectivity index (χ1) is 5.18. The SMILES string of the molecule is CCC1(CN(C)C)CNCN1. The molecule has 2 N–H and O–H groups in total. The zero-order valence-corrected chi connectivity index (χ0v) is 7.78. The van der Waals surface area contributed by atoms with Gasteiger partial charge in [0, 0.05) is 25.3 Å². The molecular formula is C8H19N3. The van der Waals surface area contributed by atoms with Gasteiger partial charge in [-0.25, -0.2) is 0 Å². The Kier molecular flexibility index (Phi) is 2.87. The first kappa shape index (κ1) is 8.97. The topological polar surface area (TPSA) is 27.3 Å². The van der Waals surface area contributed by atoms with Gasteiger partial charge >= 0.3 is 0 Å². The lowest BCUT2D eigenvalue weighted by atomic mass is 9.97. The van der Waals surface area contributed by atoms with Gasteiger partial charge in [0.2, 0.25) is 0 Å². The molecule has 0 aromatic heterocycles. The van der Waals surface area contributed by atoms with E-state index in [1.807, 2.05) is 0 Å². The van der Waals surface area contributed by atoms with Gasteiger partial charge in [0.05, 0.1) is 0 Å². The molecule has 3 nitrogen and oxygen atoms in total.